The molecule has 0 atom stereocenters. The summed E-state index contributed by atoms with van der Waals surface area (Å²) in [5.74, 6) is 0.606. The van der Waals surface area contributed by atoms with Crippen LogP contribution in [0, 0.1) is 6.20 Å². The summed E-state index contributed by atoms with van der Waals surface area (Å²) in [7, 11) is 0. The predicted octanol–water partition coefficient (Wildman–Crippen LogP) is 2.32. The molecule has 0 aliphatic heterocycles. The van der Waals surface area contributed by atoms with E-state index in [2.05, 4.69) is 11.3 Å². The van der Waals surface area contributed by atoms with Crippen molar-refractivity contribution in [1.82, 2.24) is 9.78 Å². The molecule has 0 N–H and O–H groups in total. The monoisotopic (exact) mass is 187 g/mol. The second-order valence-corrected chi connectivity index (χ2v) is 3.08. The molecule has 0 bridgehead atoms. The summed E-state index contributed by atoms with van der Waals surface area (Å²) >= 11 is 5.80. The van der Waals surface area contributed by atoms with E-state index in [9.17, 15) is 0 Å². The molecule has 1 rings (SSSR count). The number of hydrogen-bond acceptors (Lipinski definition) is 2. The topological polar surface area (TPSA) is 27.1 Å². The molecule has 0 amide bonds. The van der Waals surface area contributed by atoms with Crippen LogP contribution in [-0.4, -0.2) is 16.4 Å². The van der Waals surface area contributed by atoms with Crippen LogP contribution < -0.4 is 4.74 Å². The van der Waals surface area contributed by atoms with Gasteiger partial charge in [-0.1, -0.05) is 11.6 Å². The minimum atomic E-state index is 0.246. The molecular formula is C8H12ClN2O. The molecule has 0 fully saturated rings. The van der Waals surface area contributed by atoms with Crippen molar-refractivity contribution in [1.29, 1.82) is 0 Å². The van der Waals surface area contributed by atoms with E-state index in [1.165, 1.54) is 0 Å². The Morgan fingerprint density at radius 1 is 1.67 bits per heavy atom. The number of aromatic nitrogens is 2. The van der Waals surface area contributed by atoms with Crippen molar-refractivity contribution >= 4 is 11.6 Å². The van der Waals surface area contributed by atoms with E-state index in [1.54, 1.807) is 4.68 Å². The number of rotatable bonds is 3. The van der Waals surface area contributed by atoms with E-state index in [4.69, 9.17) is 16.3 Å². The number of ether oxygens (including phenoxy) is 1. The van der Waals surface area contributed by atoms with Gasteiger partial charge in [-0.3, -0.25) is 0 Å². The van der Waals surface area contributed by atoms with Crippen molar-refractivity contribution < 1.29 is 4.74 Å². The van der Waals surface area contributed by atoms with E-state index in [0.29, 0.717) is 17.5 Å². The van der Waals surface area contributed by atoms with Crippen LogP contribution in [0.3, 0.4) is 0 Å². The SMILES string of the molecule is CCOc1c(Cl)[c]nn1C(C)C. The lowest BCUT2D eigenvalue weighted by Gasteiger charge is -2.10. The number of hydrogen-bond donors (Lipinski definition) is 0. The molecule has 1 radical (unpaired) electrons. The summed E-state index contributed by atoms with van der Waals surface area (Å²) in [6, 6.07) is 0.246. The van der Waals surface area contributed by atoms with Gasteiger partial charge in [0.1, 0.15) is 11.2 Å². The highest BCUT2D eigenvalue weighted by atomic mass is 35.5. The first-order chi connectivity index (χ1) is 5.66. The lowest BCUT2D eigenvalue weighted by Crippen LogP contribution is -2.06. The largest absolute Gasteiger partial charge is 0.477 e. The van der Waals surface area contributed by atoms with E-state index >= 15 is 0 Å². The molecule has 0 saturated heterocycles. The molecule has 1 aromatic heterocycles. The third-order valence-electron chi connectivity index (χ3n) is 1.42. The molecule has 0 aliphatic carbocycles. The first-order valence-electron chi connectivity index (χ1n) is 3.95. The second kappa shape index (κ2) is 3.81. The average molecular weight is 188 g/mol. The fourth-order valence-corrected chi connectivity index (χ4v) is 1.09. The Labute approximate surface area is 77.3 Å². The standard InChI is InChI=1S/C8H12ClN2O/c1-4-12-8-7(9)5-10-11(8)6(2)3/h6H,4H2,1-3H3. The molecule has 0 aliphatic rings. The Kier molecular flexibility index (Phi) is 2.98. The first-order valence-corrected chi connectivity index (χ1v) is 4.33. The molecule has 12 heavy (non-hydrogen) atoms. The Morgan fingerprint density at radius 3 is 2.83 bits per heavy atom. The summed E-state index contributed by atoms with van der Waals surface area (Å²) in [6.45, 7) is 6.53. The summed E-state index contributed by atoms with van der Waals surface area (Å²) in [6.07, 6.45) is 2.66. The third kappa shape index (κ3) is 1.72. The van der Waals surface area contributed by atoms with Crippen LogP contribution in [0.15, 0.2) is 0 Å². The highest BCUT2D eigenvalue weighted by molar-refractivity contribution is 6.31. The van der Waals surface area contributed by atoms with E-state index < -0.39 is 0 Å². The zero-order valence-electron chi connectivity index (χ0n) is 7.47. The zero-order chi connectivity index (χ0) is 9.14. The molecule has 1 aromatic rings. The molecule has 0 spiro atoms. The van der Waals surface area contributed by atoms with E-state index in [1.807, 2.05) is 20.8 Å². The lowest BCUT2D eigenvalue weighted by atomic mass is 10.4. The van der Waals surface area contributed by atoms with E-state index in [-0.39, 0.29) is 6.04 Å². The van der Waals surface area contributed by atoms with Gasteiger partial charge in [-0.2, -0.15) is 5.10 Å². The molecular weight excluding hydrogens is 176 g/mol. The van der Waals surface area contributed by atoms with E-state index in [0.717, 1.165) is 0 Å². The van der Waals surface area contributed by atoms with Crippen molar-refractivity contribution in [3.8, 4) is 5.88 Å². The van der Waals surface area contributed by atoms with Crippen LogP contribution in [-0.2, 0) is 0 Å². The fraction of sp³-hybridized carbons (Fsp3) is 0.625. The minimum Gasteiger partial charge on any atom is -0.477 e. The summed E-state index contributed by atoms with van der Waals surface area (Å²) in [5.41, 5.74) is 0. The molecule has 0 saturated carbocycles. The van der Waals surface area contributed by atoms with Gasteiger partial charge >= 0.3 is 0 Å². The number of halogens is 1. The van der Waals surface area contributed by atoms with Gasteiger partial charge in [-0.05, 0) is 20.8 Å². The lowest BCUT2D eigenvalue weighted by molar-refractivity contribution is 0.292. The quantitative estimate of drug-likeness (QED) is 0.726. The third-order valence-corrected chi connectivity index (χ3v) is 1.67. The smallest absolute Gasteiger partial charge is 0.232 e. The maximum Gasteiger partial charge on any atom is 0.232 e. The summed E-state index contributed by atoms with van der Waals surface area (Å²) < 4.78 is 7.02. The van der Waals surface area contributed by atoms with Crippen molar-refractivity contribution in [2.75, 3.05) is 6.61 Å². The molecule has 0 aromatic carbocycles. The Bertz CT molecular complexity index is 258. The normalized spacial score (nSPS) is 10.8. The van der Waals surface area contributed by atoms with Gasteiger partial charge in [0.25, 0.3) is 0 Å². The van der Waals surface area contributed by atoms with Crippen molar-refractivity contribution in [3.63, 3.8) is 0 Å². The maximum absolute atomic E-state index is 5.80. The molecule has 3 nitrogen and oxygen atoms in total. The van der Waals surface area contributed by atoms with Crippen LogP contribution in [0.1, 0.15) is 26.8 Å². The Morgan fingerprint density at radius 2 is 2.33 bits per heavy atom. The van der Waals surface area contributed by atoms with Crippen LogP contribution >= 0.6 is 11.6 Å². The Hall–Kier alpha value is -0.700. The fourth-order valence-electron chi connectivity index (χ4n) is 0.908. The van der Waals surface area contributed by atoms with Gasteiger partial charge in [-0.15, -0.1) is 0 Å². The van der Waals surface area contributed by atoms with Gasteiger partial charge in [0.2, 0.25) is 5.88 Å². The maximum atomic E-state index is 5.80. The second-order valence-electron chi connectivity index (χ2n) is 2.70. The number of nitrogens with zero attached hydrogens (tertiary/aromatic N) is 2. The molecule has 67 valence electrons. The van der Waals surface area contributed by atoms with Gasteiger partial charge in [0.15, 0.2) is 0 Å². The van der Waals surface area contributed by atoms with Gasteiger partial charge < -0.3 is 4.74 Å². The summed E-state index contributed by atoms with van der Waals surface area (Å²) in [4.78, 5) is 0. The van der Waals surface area contributed by atoms with Crippen LogP contribution in [0.25, 0.3) is 0 Å². The average Bonchev–Trinajstić information content (AvgIpc) is 2.34. The van der Waals surface area contributed by atoms with Crippen LogP contribution in [0.5, 0.6) is 5.88 Å². The van der Waals surface area contributed by atoms with Crippen molar-refractivity contribution in [3.05, 3.63) is 11.2 Å². The minimum absolute atomic E-state index is 0.246. The predicted molar refractivity (Wildman–Crippen MR) is 47.6 cm³/mol. The van der Waals surface area contributed by atoms with Gasteiger partial charge in [0, 0.05) is 0 Å². The first kappa shape index (κ1) is 9.39. The Balaban J connectivity index is 2.95. The van der Waals surface area contributed by atoms with Crippen LogP contribution in [0.4, 0.5) is 0 Å². The molecule has 1 heterocycles. The van der Waals surface area contributed by atoms with Crippen molar-refractivity contribution in [2.45, 2.75) is 26.8 Å². The van der Waals surface area contributed by atoms with Crippen molar-refractivity contribution in [2.24, 2.45) is 0 Å². The highest BCUT2D eigenvalue weighted by Gasteiger charge is 2.12. The highest BCUT2D eigenvalue weighted by Crippen LogP contribution is 2.25. The zero-order valence-corrected chi connectivity index (χ0v) is 8.22. The van der Waals surface area contributed by atoms with Crippen LogP contribution in [0.2, 0.25) is 5.02 Å². The summed E-state index contributed by atoms with van der Waals surface area (Å²) in [5, 5.41) is 4.42. The molecule has 0 unspecified atom stereocenters. The van der Waals surface area contributed by atoms with Gasteiger partial charge in [0.05, 0.1) is 12.6 Å². The molecule has 4 heteroatoms. The van der Waals surface area contributed by atoms with Gasteiger partial charge in [-0.25, -0.2) is 4.68 Å².